The highest BCUT2D eigenvalue weighted by molar-refractivity contribution is 6.31. The van der Waals surface area contributed by atoms with Crippen LogP contribution in [0.4, 0.5) is 0 Å². The van der Waals surface area contributed by atoms with E-state index < -0.39 is 0 Å². The molecule has 0 saturated carbocycles. The van der Waals surface area contributed by atoms with E-state index in [4.69, 9.17) is 11.6 Å². The van der Waals surface area contributed by atoms with Crippen LogP contribution >= 0.6 is 11.6 Å². The Balaban J connectivity index is 1.61. The molecule has 1 aromatic carbocycles. The predicted molar refractivity (Wildman–Crippen MR) is 99.6 cm³/mol. The summed E-state index contributed by atoms with van der Waals surface area (Å²) in [4.78, 5) is 23.4. The Morgan fingerprint density at radius 2 is 2.12 bits per heavy atom. The number of likely N-dealkylation sites (tertiary alicyclic amines) is 1. The standard InChI is InChI=1S/C19H20ClN5O/c1-12(2)17-9-16(23-19-21-11-22-25(17)19)18(26)24-8-7-13(10-24)14-5-3-4-6-15(14)20/h3-6,9,11-13H,7-8,10H2,1-2H3/t13-/m0/s1. The van der Waals surface area contributed by atoms with E-state index in [9.17, 15) is 4.79 Å². The second-order valence-corrected chi connectivity index (χ2v) is 7.36. The van der Waals surface area contributed by atoms with Crippen LogP contribution in [0.2, 0.25) is 5.02 Å². The third kappa shape index (κ3) is 2.94. The number of aromatic nitrogens is 4. The first-order valence-corrected chi connectivity index (χ1v) is 9.16. The third-order valence-corrected chi connectivity index (χ3v) is 5.25. The van der Waals surface area contributed by atoms with Crippen LogP contribution < -0.4 is 0 Å². The largest absolute Gasteiger partial charge is 0.337 e. The second-order valence-electron chi connectivity index (χ2n) is 6.95. The van der Waals surface area contributed by atoms with Gasteiger partial charge in [-0.15, -0.1) is 0 Å². The Bertz CT molecular complexity index is 967. The lowest BCUT2D eigenvalue weighted by Gasteiger charge is -2.18. The lowest BCUT2D eigenvalue weighted by molar-refractivity contribution is 0.0785. The monoisotopic (exact) mass is 369 g/mol. The summed E-state index contributed by atoms with van der Waals surface area (Å²) in [6.07, 6.45) is 2.37. The summed E-state index contributed by atoms with van der Waals surface area (Å²) < 4.78 is 1.69. The van der Waals surface area contributed by atoms with Crippen molar-refractivity contribution < 1.29 is 4.79 Å². The number of fused-ring (bicyclic) bond motifs is 1. The molecule has 2 aromatic heterocycles. The van der Waals surface area contributed by atoms with E-state index in [1.807, 2.05) is 35.2 Å². The van der Waals surface area contributed by atoms with Crippen molar-refractivity contribution in [2.45, 2.75) is 32.1 Å². The van der Waals surface area contributed by atoms with Crippen LogP contribution in [0.5, 0.6) is 0 Å². The van der Waals surface area contributed by atoms with Crippen molar-refractivity contribution in [3.8, 4) is 0 Å². The minimum atomic E-state index is -0.0630. The van der Waals surface area contributed by atoms with Gasteiger partial charge in [0.2, 0.25) is 0 Å². The van der Waals surface area contributed by atoms with Crippen molar-refractivity contribution in [2.24, 2.45) is 0 Å². The zero-order valence-corrected chi connectivity index (χ0v) is 15.5. The van der Waals surface area contributed by atoms with Gasteiger partial charge in [-0.3, -0.25) is 4.79 Å². The van der Waals surface area contributed by atoms with E-state index >= 15 is 0 Å². The molecule has 0 aliphatic carbocycles. The van der Waals surface area contributed by atoms with E-state index in [0.29, 0.717) is 24.6 Å². The number of amides is 1. The van der Waals surface area contributed by atoms with Crippen molar-refractivity contribution >= 4 is 23.3 Å². The van der Waals surface area contributed by atoms with Crippen LogP contribution in [-0.2, 0) is 0 Å². The zero-order chi connectivity index (χ0) is 18.3. The van der Waals surface area contributed by atoms with Gasteiger partial charge in [0, 0.05) is 24.0 Å². The summed E-state index contributed by atoms with van der Waals surface area (Å²) >= 11 is 6.32. The summed E-state index contributed by atoms with van der Waals surface area (Å²) in [7, 11) is 0. The topological polar surface area (TPSA) is 63.4 Å². The first-order chi connectivity index (χ1) is 12.5. The van der Waals surface area contributed by atoms with Crippen LogP contribution in [0.1, 0.15) is 53.8 Å². The third-order valence-electron chi connectivity index (χ3n) is 4.91. The van der Waals surface area contributed by atoms with Crippen LogP contribution in [0.3, 0.4) is 0 Å². The molecule has 1 aliphatic rings. The van der Waals surface area contributed by atoms with Crippen molar-refractivity contribution in [1.29, 1.82) is 0 Å². The smallest absolute Gasteiger partial charge is 0.272 e. The minimum absolute atomic E-state index is 0.0630. The molecule has 4 rings (SSSR count). The van der Waals surface area contributed by atoms with Crippen LogP contribution in [0.15, 0.2) is 36.7 Å². The fraction of sp³-hybridized carbons (Fsp3) is 0.368. The number of halogens is 1. The molecular weight excluding hydrogens is 350 g/mol. The van der Waals surface area contributed by atoms with Gasteiger partial charge in [0.1, 0.15) is 12.0 Å². The molecule has 0 unspecified atom stereocenters. The molecule has 0 spiro atoms. The summed E-state index contributed by atoms with van der Waals surface area (Å²) in [5.74, 6) is 0.866. The molecule has 0 N–H and O–H groups in total. The normalized spacial score (nSPS) is 17.4. The molecule has 0 radical (unpaired) electrons. The highest BCUT2D eigenvalue weighted by Crippen LogP contribution is 2.32. The van der Waals surface area contributed by atoms with Crippen LogP contribution in [0.25, 0.3) is 5.78 Å². The number of hydrogen-bond donors (Lipinski definition) is 0. The number of carbonyl (C=O) groups is 1. The molecular formula is C19H20ClN5O. The number of benzene rings is 1. The Hall–Kier alpha value is -2.47. The minimum Gasteiger partial charge on any atom is -0.337 e. The molecule has 1 saturated heterocycles. The van der Waals surface area contributed by atoms with E-state index in [-0.39, 0.29) is 17.7 Å². The number of hydrogen-bond acceptors (Lipinski definition) is 4. The quantitative estimate of drug-likeness (QED) is 0.708. The molecule has 1 aliphatic heterocycles. The SMILES string of the molecule is CC(C)c1cc(C(=O)N2CC[C@H](c3ccccc3Cl)C2)nc2ncnn12. The Kier molecular flexibility index (Phi) is 4.36. The van der Waals surface area contributed by atoms with E-state index in [1.165, 1.54) is 6.33 Å². The number of nitrogens with zero attached hydrogens (tertiary/aromatic N) is 5. The Morgan fingerprint density at radius 3 is 2.88 bits per heavy atom. The average Bonchev–Trinajstić information content (AvgIpc) is 3.29. The summed E-state index contributed by atoms with van der Waals surface area (Å²) in [6, 6.07) is 9.68. The maximum atomic E-state index is 13.0. The van der Waals surface area contributed by atoms with Gasteiger partial charge in [-0.05, 0) is 30.0 Å². The van der Waals surface area contributed by atoms with Crippen molar-refractivity contribution in [3.63, 3.8) is 0 Å². The Morgan fingerprint density at radius 1 is 1.31 bits per heavy atom. The maximum Gasteiger partial charge on any atom is 0.272 e. The van der Waals surface area contributed by atoms with Gasteiger partial charge in [-0.1, -0.05) is 43.6 Å². The van der Waals surface area contributed by atoms with Crippen LogP contribution in [-0.4, -0.2) is 43.5 Å². The first-order valence-electron chi connectivity index (χ1n) is 8.79. The lowest BCUT2D eigenvalue weighted by atomic mass is 9.98. The molecule has 1 fully saturated rings. The van der Waals surface area contributed by atoms with Gasteiger partial charge in [-0.25, -0.2) is 9.50 Å². The van der Waals surface area contributed by atoms with Crippen molar-refractivity contribution in [1.82, 2.24) is 24.5 Å². The molecule has 26 heavy (non-hydrogen) atoms. The summed E-state index contributed by atoms with van der Waals surface area (Å²) in [5, 5.41) is 4.96. The van der Waals surface area contributed by atoms with Gasteiger partial charge in [0.15, 0.2) is 0 Å². The predicted octanol–water partition coefficient (Wildman–Crippen LogP) is 3.53. The Labute approximate surface area is 156 Å². The highest BCUT2D eigenvalue weighted by Gasteiger charge is 2.30. The van der Waals surface area contributed by atoms with E-state index in [1.54, 1.807) is 4.52 Å². The lowest BCUT2D eigenvalue weighted by Crippen LogP contribution is -2.29. The van der Waals surface area contributed by atoms with Gasteiger partial charge in [0.25, 0.3) is 11.7 Å². The van der Waals surface area contributed by atoms with Crippen molar-refractivity contribution in [3.05, 3.63) is 58.6 Å². The molecule has 6 nitrogen and oxygen atoms in total. The first kappa shape index (κ1) is 17.0. The molecule has 0 bridgehead atoms. The fourth-order valence-electron chi connectivity index (χ4n) is 3.52. The van der Waals surface area contributed by atoms with Gasteiger partial charge in [-0.2, -0.15) is 10.1 Å². The van der Waals surface area contributed by atoms with Crippen LogP contribution in [0, 0.1) is 0 Å². The number of carbonyl (C=O) groups excluding carboxylic acids is 1. The molecule has 134 valence electrons. The number of rotatable bonds is 3. The molecule has 1 amide bonds. The second kappa shape index (κ2) is 6.68. The molecule has 3 aromatic rings. The maximum absolute atomic E-state index is 13.0. The van der Waals surface area contributed by atoms with E-state index in [2.05, 4.69) is 28.9 Å². The highest BCUT2D eigenvalue weighted by atomic mass is 35.5. The van der Waals surface area contributed by atoms with Gasteiger partial charge >= 0.3 is 0 Å². The summed E-state index contributed by atoms with van der Waals surface area (Å²) in [6.45, 7) is 5.48. The molecule has 1 atom stereocenters. The van der Waals surface area contributed by atoms with Crippen molar-refractivity contribution in [2.75, 3.05) is 13.1 Å². The van der Waals surface area contributed by atoms with Gasteiger partial charge < -0.3 is 4.90 Å². The van der Waals surface area contributed by atoms with Gasteiger partial charge in [0.05, 0.1) is 5.69 Å². The molecule has 3 heterocycles. The average molecular weight is 370 g/mol. The fourth-order valence-corrected chi connectivity index (χ4v) is 3.81. The summed E-state index contributed by atoms with van der Waals surface area (Å²) in [5.41, 5.74) is 2.46. The van der Waals surface area contributed by atoms with E-state index in [0.717, 1.165) is 22.7 Å². The molecule has 7 heteroatoms. The zero-order valence-electron chi connectivity index (χ0n) is 14.8.